The molecular weight excluding hydrogens is 208 g/mol. The number of hydrogen-bond acceptors (Lipinski definition) is 2. The van der Waals surface area contributed by atoms with Gasteiger partial charge in [-0.05, 0) is 13.3 Å². The molecule has 0 unspecified atom stereocenters. The second kappa shape index (κ2) is 16.1. The van der Waals surface area contributed by atoms with E-state index in [1.54, 1.807) is 0 Å². The van der Waals surface area contributed by atoms with E-state index in [2.05, 4.69) is 19.1 Å². The number of aliphatic hydroxyl groups excluding tert-OH is 1. The predicted octanol–water partition coefficient (Wildman–Crippen LogP) is 1.65. The Morgan fingerprint density at radius 1 is 1.19 bits per heavy atom. The molecule has 0 saturated heterocycles. The van der Waals surface area contributed by atoms with Gasteiger partial charge in [-0.15, -0.1) is 0 Å². The number of hydrogen-bond donors (Lipinski definition) is 2. The number of aliphatic hydroxyl groups is 1. The van der Waals surface area contributed by atoms with Crippen LogP contribution in [0.3, 0.4) is 0 Å². The van der Waals surface area contributed by atoms with E-state index in [1.807, 2.05) is 25.1 Å². The fourth-order valence-electron chi connectivity index (χ4n) is 0.748. The molecule has 0 saturated carbocycles. The van der Waals surface area contributed by atoms with Gasteiger partial charge in [0.05, 0.1) is 0 Å². The van der Waals surface area contributed by atoms with Gasteiger partial charge in [0.2, 0.25) is 0 Å². The molecule has 4 heteroatoms. The van der Waals surface area contributed by atoms with Crippen molar-refractivity contribution in [2.24, 2.45) is 0 Å². The molecule has 0 spiro atoms. The Kier molecular flexibility index (Phi) is 20.1. The van der Waals surface area contributed by atoms with E-state index in [9.17, 15) is 4.79 Å². The van der Waals surface area contributed by atoms with Gasteiger partial charge in [0.15, 0.2) is 0 Å². The van der Waals surface area contributed by atoms with Crippen LogP contribution in [0.25, 0.3) is 0 Å². The number of aryl methyl sites for hydroxylation is 1. The minimum absolute atomic E-state index is 0. The second-order valence-corrected chi connectivity index (χ2v) is 2.80. The normalized spacial score (nSPS) is 7.25. The maximum absolute atomic E-state index is 9.60. The summed E-state index contributed by atoms with van der Waals surface area (Å²) in [7, 11) is 1.00. The van der Waals surface area contributed by atoms with Crippen LogP contribution >= 0.6 is 0 Å². The summed E-state index contributed by atoms with van der Waals surface area (Å²) in [5.41, 5.74) is 1.32. The smallest absolute Gasteiger partial charge is 0.303 e. The zero-order valence-corrected chi connectivity index (χ0v) is 10.1. The van der Waals surface area contributed by atoms with Gasteiger partial charge in [-0.3, -0.25) is 4.79 Å². The largest absolute Gasteiger partial charge is 0.481 e. The Balaban J connectivity index is -0.000000175. The lowest BCUT2D eigenvalue weighted by atomic mass is 10.2. The molecule has 94 valence electrons. The summed E-state index contributed by atoms with van der Waals surface area (Å²) in [5.74, 6) is -0.711. The summed E-state index contributed by atoms with van der Waals surface area (Å²) in [5, 5.41) is 14.9. The molecule has 4 N–H and O–H groups in total. The molecule has 0 amide bonds. The Labute approximate surface area is 96.9 Å². The number of benzene rings is 1. The van der Waals surface area contributed by atoms with Crippen LogP contribution < -0.4 is 0 Å². The van der Waals surface area contributed by atoms with Crippen LogP contribution in [-0.4, -0.2) is 28.8 Å². The van der Waals surface area contributed by atoms with Crippen LogP contribution in [0.15, 0.2) is 30.3 Å². The zero-order valence-electron chi connectivity index (χ0n) is 10.1. The van der Waals surface area contributed by atoms with E-state index < -0.39 is 5.97 Å². The van der Waals surface area contributed by atoms with Crippen molar-refractivity contribution in [3.05, 3.63) is 35.9 Å². The van der Waals surface area contributed by atoms with E-state index in [-0.39, 0.29) is 5.48 Å². The van der Waals surface area contributed by atoms with E-state index in [0.29, 0.717) is 6.42 Å². The second-order valence-electron chi connectivity index (χ2n) is 2.80. The molecule has 1 aromatic carbocycles. The fraction of sp³-hybridized carbons (Fsp3) is 0.417. The molecule has 0 radical (unpaired) electrons. The van der Waals surface area contributed by atoms with Gasteiger partial charge in [0.25, 0.3) is 0 Å². The number of carboxylic acids is 1. The molecular formula is C12H22O4. The minimum Gasteiger partial charge on any atom is -0.481 e. The average Bonchev–Trinajstić information content (AvgIpc) is 2.22. The Morgan fingerprint density at radius 2 is 1.62 bits per heavy atom. The molecule has 0 aliphatic rings. The first-order chi connectivity index (χ1) is 7.16. The topological polar surface area (TPSA) is 89.0 Å². The highest BCUT2D eigenvalue weighted by Gasteiger charge is 1.87. The first-order valence-corrected chi connectivity index (χ1v) is 4.85. The Morgan fingerprint density at radius 3 is 1.75 bits per heavy atom. The highest BCUT2D eigenvalue weighted by atomic mass is 16.4. The summed E-state index contributed by atoms with van der Waals surface area (Å²) < 4.78 is 0. The van der Waals surface area contributed by atoms with E-state index >= 15 is 0 Å². The zero-order chi connectivity index (χ0) is 12.1. The van der Waals surface area contributed by atoms with Crippen molar-refractivity contribution in [1.82, 2.24) is 0 Å². The van der Waals surface area contributed by atoms with Gasteiger partial charge in [0.1, 0.15) is 0 Å². The highest BCUT2D eigenvalue weighted by Crippen LogP contribution is 1.92. The average molecular weight is 230 g/mol. The van der Waals surface area contributed by atoms with Gasteiger partial charge in [-0.1, -0.05) is 42.8 Å². The van der Waals surface area contributed by atoms with Crippen molar-refractivity contribution in [2.45, 2.75) is 26.7 Å². The standard InChI is InChI=1S/C7H8.C4H8O2.CH4O.H2O/c1-7-5-3-2-4-6-7;1-2-3-4(5)6;1-2;/h2-6H,1H3;2-3H2,1H3,(H,5,6);2H,1H3;1H2. The molecule has 1 aromatic rings. The Bertz CT molecular complexity index is 234. The maximum atomic E-state index is 9.60. The van der Waals surface area contributed by atoms with Crippen molar-refractivity contribution in [3.8, 4) is 0 Å². The van der Waals surface area contributed by atoms with Crippen LogP contribution in [0.2, 0.25) is 0 Å². The first-order valence-electron chi connectivity index (χ1n) is 4.85. The van der Waals surface area contributed by atoms with Gasteiger partial charge in [-0.25, -0.2) is 0 Å². The minimum atomic E-state index is -0.711. The summed E-state index contributed by atoms with van der Waals surface area (Å²) in [6.07, 6.45) is 1.02. The highest BCUT2D eigenvalue weighted by molar-refractivity contribution is 5.66. The van der Waals surface area contributed by atoms with Gasteiger partial charge in [-0.2, -0.15) is 0 Å². The van der Waals surface area contributed by atoms with Crippen LogP contribution in [-0.2, 0) is 4.79 Å². The third-order valence-electron chi connectivity index (χ3n) is 1.40. The summed E-state index contributed by atoms with van der Waals surface area (Å²) in [4.78, 5) is 9.60. The quantitative estimate of drug-likeness (QED) is 0.809. The van der Waals surface area contributed by atoms with E-state index in [1.165, 1.54) is 5.56 Å². The van der Waals surface area contributed by atoms with Crippen LogP contribution in [0.5, 0.6) is 0 Å². The molecule has 16 heavy (non-hydrogen) atoms. The fourth-order valence-corrected chi connectivity index (χ4v) is 0.748. The number of aliphatic carboxylic acids is 1. The first kappa shape index (κ1) is 20.1. The molecule has 1 rings (SSSR count). The van der Waals surface area contributed by atoms with Crippen LogP contribution in [0, 0.1) is 6.92 Å². The molecule has 0 atom stereocenters. The molecule has 0 aliphatic carbocycles. The number of carboxylic acid groups (broad SMARTS) is 1. The monoisotopic (exact) mass is 230 g/mol. The third-order valence-corrected chi connectivity index (χ3v) is 1.40. The van der Waals surface area contributed by atoms with E-state index in [0.717, 1.165) is 13.5 Å². The number of rotatable bonds is 2. The van der Waals surface area contributed by atoms with Gasteiger partial charge in [0, 0.05) is 13.5 Å². The van der Waals surface area contributed by atoms with E-state index in [4.69, 9.17) is 10.2 Å². The van der Waals surface area contributed by atoms with Crippen LogP contribution in [0.4, 0.5) is 0 Å². The van der Waals surface area contributed by atoms with Crippen molar-refractivity contribution in [1.29, 1.82) is 0 Å². The van der Waals surface area contributed by atoms with Crippen molar-refractivity contribution in [3.63, 3.8) is 0 Å². The summed E-state index contributed by atoms with van der Waals surface area (Å²) >= 11 is 0. The molecule has 4 nitrogen and oxygen atoms in total. The molecule has 0 heterocycles. The molecule has 0 aliphatic heterocycles. The number of carbonyl (C=O) groups is 1. The van der Waals surface area contributed by atoms with Crippen molar-refractivity contribution < 1.29 is 20.5 Å². The van der Waals surface area contributed by atoms with Gasteiger partial charge < -0.3 is 15.7 Å². The summed E-state index contributed by atoms with van der Waals surface area (Å²) in [6.45, 7) is 3.92. The molecule has 0 fully saturated rings. The third kappa shape index (κ3) is 18.4. The molecule has 0 aromatic heterocycles. The van der Waals surface area contributed by atoms with Crippen LogP contribution in [0.1, 0.15) is 25.3 Å². The lowest BCUT2D eigenvalue weighted by Crippen LogP contribution is -1.90. The molecule has 0 bridgehead atoms. The van der Waals surface area contributed by atoms with Gasteiger partial charge >= 0.3 is 5.97 Å². The predicted molar refractivity (Wildman–Crippen MR) is 65.5 cm³/mol. The van der Waals surface area contributed by atoms with Crippen molar-refractivity contribution in [2.75, 3.05) is 7.11 Å². The maximum Gasteiger partial charge on any atom is 0.303 e. The summed E-state index contributed by atoms with van der Waals surface area (Å²) in [6, 6.07) is 10.3. The lowest BCUT2D eigenvalue weighted by molar-refractivity contribution is -0.137. The van der Waals surface area contributed by atoms with Crippen molar-refractivity contribution >= 4 is 5.97 Å². The SMILES string of the molecule is CCCC(=O)O.CO.Cc1ccccc1.O. The lowest BCUT2D eigenvalue weighted by Gasteiger charge is -1.82. The Hall–Kier alpha value is -1.39.